The van der Waals surface area contributed by atoms with Gasteiger partial charge in [0.1, 0.15) is 11.6 Å². The van der Waals surface area contributed by atoms with Crippen molar-refractivity contribution in [1.82, 2.24) is 25.4 Å². The number of aromatic nitrogens is 3. The van der Waals surface area contributed by atoms with E-state index < -0.39 is 0 Å². The van der Waals surface area contributed by atoms with E-state index in [4.69, 9.17) is 0 Å². The molecule has 2 aromatic heterocycles. The van der Waals surface area contributed by atoms with E-state index in [1.807, 2.05) is 12.3 Å². The summed E-state index contributed by atoms with van der Waals surface area (Å²) in [6, 6.07) is 7.42. The summed E-state index contributed by atoms with van der Waals surface area (Å²) in [7, 11) is 3.71. The summed E-state index contributed by atoms with van der Waals surface area (Å²) < 4.78 is 0. The van der Waals surface area contributed by atoms with E-state index in [2.05, 4.69) is 48.7 Å². The molecule has 8 heteroatoms. The first-order valence-corrected chi connectivity index (χ1v) is 8.34. The van der Waals surface area contributed by atoms with E-state index in [-0.39, 0.29) is 5.91 Å². The smallest absolute Gasteiger partial charge is 0.271 e. The van der Waals surface area contributed by atoms with E-state index in [0.717, 1.165) is 37.6 Å². The van der Waals surface area contributed by atoms with Crippen molar-refractivity contribution >= 4 is 17.5 Å². The summed E-state index contributed by atoms with van der Waals surface area (Å²) in [5.74, 6) is 1.39. The molecule has 1 saturated heterocycles. The van der Waals surface area contributed by atoms with Crippen molar-refractivity contribution in [3.63, 3.8) is 0 Å². The summed E-state index contributed by atoms with van der Waals surface area (Å²) in [6.07, 6.45) is 1.83. The number of likely N-dealkylation sites (N-methyl/N-ethyl adjacent to an activating group) is 1. The van der Waals surface area contributed by atoms with Crippen molar-refractivity contribution < 1.29 is 4.79 Å². The fraction of sp³-hybridized carbons (Fsp3) is 0.412. The first-order valence-electron chi connectivity index (χ1n) is 8.34. The van der Waals surface area contributed by atoms with E-state index >= 15 is 0 Å². The molecular weight excluding hydrogens is 318 g/mol. The summed E-state index contributed by atoms with van der Waals surface area (Å²) in [5, 5.41) is 13.8. The maximum absolute atomic E-state index is 11.5. The minimum Gasteiger partial charge on any atom is -0.364 e. The van der Waals surface area contributed by atoms with E-state index in [9.17, 15) is 4.79 Å². The van der Waals surface area contributed by atoms with E-state index in [1.54, 1.807) is 19.2 Å². The van der Waals surface area contributed by atoms with Gasteiger partial charge in [-0.15, -0.1) is 10.2 Å². The first-order chi connectivity index (χ1) is 12.2. The molecule has 0 saturated carbocycles. The molecule has 0 radical (unpaired) electrons. The Bertz CT molecular complexity index is 711. The van der Waals surface area contributed by atoms with E-state index in [1.165, 1.54) is 0 Å². The Hall–Kier alpha value is -2.74. The maximum atomic E-state index is 11.5. The zero-order valence-electron chi connectivity index (χ0n) is 14.6. The van der Waals surface area contributed by atoms with Crippen molar-refractivity contribution in [3.05, 3.63) is 41.7 Å². The third-order valence-corrected chi connectivity index (χ3v) is 4.25. The molecule has 1 amide bonds. The fourth-order valence-electron chi connectivity index (χ4n) is 2.73. The van der Waals surface area contributed by atoms with Crippen molar-refractivity contribution in [2.24, 2.45) is 0 Å². The monoisotopic (exact) mass is 341 g/mol. The zero-order valence-corrected chi connectivity index (χ0v) is 14.6. The number of amides is 1. The molecule has 1 aliphatic rings. The molecule has 1 fully saturated rings. The Morgan fingerprint density at radius 3 is 2.64 bits per heavy atom. The van der Waals surface area contributed by atoms with Crippen molar-refractivity contribution in [2.45, 2.75) is 6.54 Å². The Labute approximate surface area is 147 Å². The molecular formula is C17H23N7O. The molecule has 0 bridgehead atoms. The second kappa shape index (κ2) is 7.89. The average molecular weight is 341 g/mol. The minimum atomic E-state index is -0.247. The molecule has 0 aliphatic carbocycles. The van der Waals surface area contributed by atoms with Crippen LogP contribution in [0.15, 0.2) is 30.5 Å². The standard InChI is InChI=1S/C17H23N7O/c1-18-17(25)14-5-6-15(22-21-14)20-12-13-4-3-7-19-16(13)24-10-8-23(2)9-11-24/h3-7H,8-12H2,1-2H3,(H,18,25)(H,20,22). The van der Waals surface area contributed by atoms with Gasteiger partial charge in [0, 0.05) is 51.5 Å². The Kier molecular flexibility index (Phi) is 5.39. The van der Waals surface area contributed by atoms with Crippen molar-refractivity contribution in [3.8, 4) is 0 Å². The van der Waals surface area contributed by atoms with Gasteiger partial charge in [0.15, 0.2) is 5.69 Å². The summed E-state index contributed by atoms with van der Waals surface area (Å²) >= 11 is 0. The lowest BCUT2D eigenvalue weighted by Crippen LogP contribution is -2.45. The lowest BCUT2D eigenvalue weighted by atomic mass is 10.2. The zero-order chi connectivity index (χ0) is 17.6. The van der Waals surface area contributed by atoms with Crippen LogP contribution < -0.4 is 15.5 Å². The molecule has 2 aromatic rings. The largest absolute Gasteiger partial charge is 0.364 e. The Morgan fingerprint density at radius 2 is 1.96 bits per heavy atom. The third kappa shape index (κ3) is 4.21. The van der Waals surface area contributed by atoms with Crippen molar-refractivity contribution in [2.75, 3.05) is 50.5 Å². The van der Waals surface area contributed by atoms with Crippen molar-refractivity contribution in [1.29, 1.82) is 0 Å². The van der Waals surface area contributed by atoms with Crippen LogP contribution in [0.5, 0.6) is 0 Å². The molecule has 132 valence electrons. The van der Waals surface area contributed by atoms with Crippen LogP contribution in [0.25, 0.3) is 0 Å². The average Bonchev–Trinajstić information content (AvgIpc) is 2.67. The highest BCUT2D eigenvalue weighted by Crippen LogP contribution is 2.19. The van der Waals surface area contributed by atoms with Gasteiger partial charge in [-0.2, -0.15) is 0 Å². The Morgan fingerprint density at radius 1 is 1.16 bits per heavy atom. The van der Waals surface area contributed by atoms with Crippen LogP contribution in [0.4, 0.5) is 11.6 Å². The van der Waals surface area contributed by atoms with Crippen LogP contribution >= 0.6 is 0 Å². The van der Waals surface area contributed by atoms with Gasteiger partial charge >= 0.3 is 0 Å². The molecule has 3 rings (SSSR count). The summed E-state index contributed by atoms with van der Waals surface area (Å²) in [5.41, 5.74) is 1.41. The molecule has 25 heavy (non-hydrogen) atoms. The number of hydrogen-bond acceptors (Lipinski definition) is 7. The van der Waals surface area contributed by atoms with Gasteiger partial charge in [0.25, 0.3) is 5.91 Å². The first kappa shape index (κ1) is 17.1. The van der Waals surface area contributed by atoms with Gasteiger partial charge in [0.2, 0.25) is 0 Å². The van der Waals surface area contributed by atoms with Gasteiger partial charge in [0.05, 0.1) is 0 Å². The molecule has 8 nitrogen and oxygen atoms in total. The Balaban J connectivity index is 1.66. The molecule has 3 heterocycles. The fourth-order valence-corrected chi connectivity index (χ4v) is 2.73. The molecule has 0 unspecified atom stereocenters. The lowest BCUT2D eigenvalue weighted by Gasteiger charge is -2.34. The second-order valence-corrected chi connectivity index (χ2v) is 6.01. The number of pyridine rings is 1. The minimum absolute atomic E-state index is 0.247. The number of nitrogens with zero attached hydrogens (tertiary/aromatic N) is 5. The lowest BCUT2D eigenvalue weighted by molar-refractivity contribution is 0.0957. The summed E-state index contributed by atoms with van der Waals surface area (Å²) in [6.45, 7) is 4.62. The number of anilines is 2. The van der Waals surface area contributed by atoms with Crippen LogP contribution in [-0.4, -0.2) is 66.3 Å². The highest BCUT2D eigenvalue weighted by Gasteiger charge is 2.17. The number of carbonyl (C=O) groups excluding carboxylic acids is 1. The number of nitrogens with one attached hydrogen (secondary N) is 2. The van der Waals surface area contributed by atoms with Gasteiger partial charge in [-0.25, -0.2) is 4.98 Å². The van der Waals surface area contributed by atoms with Gasteiger partial charge in [-0.05, 0) is 25.2 Å². The normalized spacial score (nSPS) is 15.0. The quantitative estimate of drug-likeness (QED) is 0.823. The second-order valence-electron chi connectivity index (χ2n) is 6.01. The van der Waals surface area contributed by atoms with Gasteiger partial charge in [-0.1, -0.05) is 6.07 Å². The number of piperazine rings is 1. The molecule has 0 atom stereocenters. The van der Waals surface area contributed by atoms with E-state index in [0.29, 0.717) is 18.1 Å². The van der Waals surface area contributed by atoms with Crippen LogP contribution in [0.2, 0.25) is 0 Å². The van der Waals surface area contributed by atoms with Crippen LogP contribution in [-0.2, 0) is 6.54 Å². The third-order valence-electron chi connectivity index (χ3n) is 4.25. The SMILES string of the molecule is CNC(=O)c1ccc(NCc2cccnc2N2CCN(C)CC2)nn1. The highest BCUT2D eigenvalue weighted by molar-refractivity contribution is 5.91. The topological polar surface area (TPSA) is 86.3 Å². The predicted octanol–water partition coefficient (Wildman–Crippen LogP) is 0.595. The summed E-state index contributed by atoms with van der Waals surface area (Å²) in [4.78, 5) is 20.7. The molecule has 1 aliphatic heterocycles. The molecule has 2 N–H and O–H groups in total. The highest BCUT2D eigenvalue weighted by atomic mass is 16.1. The van der Waals surface area contributed by atoms with Gasteiger partial charge < -0.3 is 20.4 Å². The number of carbonyl (C=O) groups is 1. The number of hydrogen-bond donors (Lipinski definition) is 2. The number of rotatable bonds is 5. The van der Waals surface area contributed by atoms with Gasteiger partial charge in [-0.3, -0.25) is 4.79 Å². The predicted molar refractivity (Wildman–Crippen MR) is 96.7 cm³/mol. The van der Waals surface area contributed by atoms with Crippen LogP contribution in [0, 0.1) is 0 Å². The van der Waals surface area contributed by atoms with Crippen LogP contribution in [0.1, 0.15) is 16.1 Å². The maximum Gasteiger partial charge on any atom is 0.271 e. The van der Waals surface area contributed by atoms with Crippen LogP contribution in [0.3, 0.4) is 0 Å². The molecule has 0 spiro atoms. The molecule has 0 aromatic carbocycles.